The minimum Gasteiger partial charge on any atom is -0.457 e. The Kier molecular flexibility index (Phi) is 4.75. The lowest BCUT2D eigenvalue weighted by Gasteiger charge is -2.41. The summed E-state index contributed by atoms with van der Waals surface area (Å²) in [5.74, 6) is -0.208. The van der Waals surface area contributed by atoms with Gasteiger partial charge in [-0.05, 0) is 70.0 Å². The lowest BCUT2D eigenvalue weighted by molar-refractivity contribution is 0.434. The minimum atomic E-state index is -1.52. The first-order chi connectivity index (χ1) is 27.2. The molecule has 0 saturated heterocycles. The smallest absolute Gasteiger partial charge is 0.132 e. The van der Waals surface area contributed by atoms with Crippen LogP contribution in [0.5, 0.6) is 11.5 Å². The molecule has 0 spiro atoms. The molecule has 2 heteroatoms. The molecule has 0 radical (unpaired) electrons. The molecule has 2 nitrogen and oxygen atoms in total. The highest BCUT2D eigenvalue weighted by Crippen LogP contribution is 2.56. The Bertz CT molecular complexity index is 3030. The van der Waals surface area contributed by atoms with Crippen LogP contribution in [0.25, 0.3) is 49.4 Å². The van der Waals surface area contributed by atoms with E-state index < -0.39 is 23.5 Å². The molecule has 10 rings (SSSR count). The molecular formula is C47H31NO. The standard InChI is InChI=1S/C47H31NO/c1-4-15-35(16-5-1)47(36-17-6-2-7-18-36)41-22-12-13-23-44(41)49-45-29-26-34(31-42(45)47)33-25-28-43-40(30-33)39-27-24-32-14-10-11-21-38(32)46(39)48(43)37-19-8-3-9-20-37/h1-31H/i12D,13D,22D,23D,26D,29D,31D. The second-order valence-electron chi connectivity index (χ2n) is 12.3. The summed E-state index contributed by atoms with van der Waals surface area (Å²) >= 11 is 0. The van der Waals surface area contributed by atoms with Crippen molar-refractivity contribution in [3.63, 3.8) is 0 Å². The zero-order chi connectivity index (χ0) is 38.5. The molecule has 0 aliphatic carbocycles. The quantitative estimate of drug-likeness (QED) is 0.188. The van der Waals surface area contributed by atoms with Crippen molar-refractivity contribution in [2.75, 3.05) is 0 Å². The Labute approximate surface area is 294 Å². The van der Waals surface area contributed by atoms with Gasteiger partial charge in [-0.3, -0.25) is 0 Å². The van der Waals surface area contributed by atoms with Crippen molar-refractivity contribution < 1.29 is 14.3 Å². The number of hydrogen-bond donors (Lipinski definition) is 0. The van der Waals surface area contributed by atoms with Gasteiger partial charge in [0.05, 0.1) is 26.0 Å². The predicted molar refractivity (Wildman–Crippen MR) is 202 cm³/mol. The summed E-state index contributed by atoms with van der Waals surface area (Å²) < 4.78 is 73.5. The van der Waals surface area contributed by atoms with Crippen molar-refractivity contribution in [1.29, 1.82) is 0 Å². The van der Waals surface area contributed by atoms with E-state index in [0.717, 1.165) is 38.3 Å². The van der Waals surface area contributed by atoms with E-state index in [1.54, 1.807) is 0 Å². The average molecular weight is 633 g/mol. The third kappa shape index (κ3) is 4.07. The maximum absolute atomic E-state index is 10.2. The van der Waals surface area contributed by atoms with Gasteiger partial charge in [-0.1, -0.05) is 145 Å². The molecule has 0 amide bonds. The molecule has 9 aromatic rings. The topological polar surface area (TPSA) is 14.2 Å². The molecule has 0 N–H and O–H groups in total. The van der Waals surface area contributed by atoms with Gasteiger partial charge in [-0.15, -0.1) is 0 Å². The molecule has 1 aliphatic rings. The fourth-order valence-electron chi connectivity index (χ4n) is 7.65. The highest BCUT2D eigenvalue weighted by molar-refractivity contribution is 6.19. The first-order valence-electron chi connectivity index (χ1n) is 19.8. The van der Waals surface area contributed by atoms with Crippen LogP contribution in [0.1, 0.15) is 31.8 Å². The Morgan fingerprint density at radius 2 is 1.18 bits per heavy atom. The summed E-state index contributed by atoms with van der Waals surface area (Å²) in [6, 6.07) is 45.1. The largest absolute Gasteiger partial charge is 0.457 e. The Morgan fingerprint density at radius 3 is 1.96 bits per heavy atom. The number of aromatic nitrogens is 1. The lowest BCUT2D eigenvalue weighted by atomic mass is 9.63. The summed E-state index contributed by atoms with van der Waals surface area (Å²) in [7, 11) is 0. The average Bonchev–Trinajstić information content (AvgIpc) is 3.58. The molecule has 0 saturated carbocycles. The van der Waals surface area contributed by atoms with Gasteiger partial charge in [-0.2, -0.15) is 0 Å². The number of hydrogen-bond acceptors (Lipinski definition) is 1. The monoisotopic (exact) mass is 632 g/mol. The first kappa shape index (κ1) is 21.5. The molecule has 0 bridgehead atoms. The van der Waals surface area contributed by atoms with Gasteiger partial charge in [0, 0.05) is 33.0 Å². The van der Waals surface area contributed by atoms with E-state index in [0.29, 0.717) is 16.7 Å². The maximum Gasteiger partial charge on any atom is 0.132 e. The molecule has 0 atom stereocenters. The Morgan fingerprint density at radius 1 is 0.510 bits per heavy atom. The fourth-order valence-corrected chi connectivity index (χ4v) is 7.65. The molecule has 2 heterocycles. The molecule has 1 aliphatic heterocycles. The van der Waals surface area contributed by atoms with E-state index >= 15 is 0 Å². The molecule has 8 aromatic carbocycles. The van der Waals surface area contributed by atoms with Crippen LogP contribution in [0.3, 0.4) is 0 Å². The van der Waals surface area contributed by atoms with Crippen LogP contribution in [0, 0.1) is 0 Å². The predicted octanol–water partition coefficient (Wildman–Crippen LogP) is 12.1. The van der Waals surface area contributed by atoms with Gasteiger partial charge >= 0.3 is 0 Å². The highest BCUT2D eigenvalue weighted by Gasteiger charge is 2.45. The van der Waals surface area contributed by atoms with Crippen LogP contribution in [-0.2, 0) is 5.41 Å². The molecule has 1 aromatic heterocycles. The fraction of sp³-hybridized carbons (Fsp3) is 0.0213. The van der Waals surface area contributed by atoms with E-state index in [-0.39, 0.29) is 52.4 Å². The van der Waals surface area contributed by atoms with Crippen LogP contribution in [0.15, 0.2) is 188 Å². The summed E-state index contributed by atoms with van der Waals surface area (Å²) in [4.78, 5) is 0. The number of para-hydroxylation sites is 2. The summed E-state index contributed by atoms with van der Waals surface area (Å²) in [6.07, 6.45) is 0. The van der Waals surface area contributed by atoms with Gasteiger partial charge in [-0.25, -0.2) is 0 Å². The Balaban J connectivity index is 1.34. The molecule has 230 valence electrons. The van der Waals surface area contributed by atoms with E-state index in [9.17, 15) is 5.48 Å². The van der Waals surface area contributed by atoms with Gasteiger partial charge in [0.25, 0.3) is 0 Å². The minimum absolute atomic E-state index is 0.0663. The zero-order valence-electron chi connectivity index (χ0n) is 33.2. The second kappa shape index (κ2) is 10.8. The van der Waals surface area contributed by atoms with E-state index in [1.807, 2.05) is 109 Å². The SMILES string of the molecule is [2H]c1c([2H])c([2H])c2c(c1[2H])Oc1c([2H])c([2H])c(-c3ccc4c(c3)c3ccc5ccccc5c3n4-c3ccccc3)c([2H])c1C2(c1ccccc1)c1ccccc1. The zero-order valence-corrected chi connectivity index (χ0v) is 26.2. The van der Waals surface area contributed by atoms with Crippen molar-refractivity contribution in [3.05, 3.63) is 210 Å². The van der Waals surface area contributed by atoms with Gasteiger partial charge in [0.15, 0.2) is 0 Å². The van der Waals surface area contributed by atoms with Crippen LogP contribution in [-0.4, -0.2) is 4.57 Å². The van der Waals surface area contributed by atoms with E-state index in [2.05, 4.69) is 41.0 Å². The number of benzene rings is 8. The molecule has 49 heavy (non-hydrogen) atoms. The number of nitrogens with zero attached hydrogens (tertiary/aromatic N) is 1. The van der Waals surface area contributed by atoms with Crippen LogP contribution in [0.2, 0.25) is 0 Å². The van der Waals surface area contributed by atoms with Gasteiger partial charge < -0.3 is 9.30 Å². The van der Waals surface area contributed by atoms with E-state index in [4.69, 9.17) is 8.85 Å². The van der Waals surface area contributed by atoms with Crippen LogP contribution in [0.4, 0.5) is 0 Å². The van der Waals surface area contributed by atoms with Crippen LogP contribution >= 0.6 is 0 Å². The van der Waals surface area contributed by atoms with Crippen molar-refractivity contribution in [3.8, 4) is 28.3 Å². The summed E-state index contributed by atoms with van der Waals surface area (Å²) in [5.41, 5.74) is 3.90. The van der Waals surface area contributed by atoms with Crippen LogP contribution < -0.4 is 4.74 Å². The number of ether oxygens (including phenoxy) is 1. The molecule has 0 unspecified atom stereocenters. The van der Waals surface area contributed by atoms with Crippen molar-refractivity contribution in [1.82, 2.24) is 4.57 Å². The third-order valence-corrected chi connectivity index (χ3v) is 9.75. The number of fused-ring (bicyclic) bond motifs is 7. The number of rotatable bonds is 4. The Hall–Kier alpha value is -6.38. The maximum atomic E-state index is 10.2. The van der Waals surface area contributed by atoms with Gasteiger partial charge in [0.2, 0.25) is 0 Å². The second-order valence-corrected chi connectivity index (χ2v) is 12.3. The van der Waals surface area contributed by atoms with E-state index in [1.165, 1.54) is 0 Å². The molecular weight excluding hydrogens is 595 g/mol. The molecule has 0 fully saturated rings. The van der Waals surface area contributed by atoms with Crippen molar-refractivity contribution in [2.24, 2.45) is 0 Å². The first-order valence-corrected chi connectivity index (χ1v) is 16.3. The lowest BCUT2D eigenvalue weighted by Crippen LogP contribution is -2.34. The normalized spacial score (nSPS) is 15.2. The third-order valence-electron chi connectivity index (χ3n) is 9.75. The van der Waals surface area contributed by atoms with Crippen molar-refractivity contribution in [2.45, 2.75) is 5.41 Å². The summed E-state index contributed by atoms with van der Waals surface area (Å²) in [5, 5.41) is 4.12. The van der Waals surface area contributed by atoms with Gasteiger partial charge in [0.1, 0.15) is 11.5 Å². The van der Waals surface area contributed by atoms with Crippen molar-refractivity contribution >= 4 is 32.6 Å². The highest BCUT2D eigenvalue weighted by atomic mass is 16.5. The summed E-state index contributed by atoms with van der Waals surface area (Å²) in [6.45, 7) is 0.